The first-order valence-electron chi connectivity index (χ1n) is 7.05. The molecule has 0 aliphatic carbocycles. The Balaban J connectivity index is 2.35. The van der Waals surface area contributed by atoms with Crippen LogP contribution >= 0.6 is 11.3 Å². The summed E-state index contributed by atoms with van der Waals surface area (Å²) in [4.78, 5) is 1.30. The summed E-state index contributed by atoms with van der Waals surface area (Å²) < 4.78 is 33.2. The molecule has 0 amide bonds. The molecule has 1 heterocycles. The third-order valence-corrected chi connectivity index (χ3v) is 5.87. The minimum absolute atomic E-state index is 0.182. The van der Waals surface area contributed by atoms with E-state index in [1.807, 2.05) is 31.4 Å². The van der Waals surface area contributed by atoms with Gasteiger partial charge in [0.25, 0.3) is 0 Å². The Morgan fingerprint density at radius 2 is 2.05 bits per heavy atom. The molecule has 0 radical (unpaired) electrons. The molecule has 6 heteroatoms. The van der Waals surface area contributed by atoms with Crippen LogP contribution in [0.1, 0.15) is 35.8 Å². The van der Waals surface area contributed by atoms with E-state index in [4.69, 9.17) is 4.74 Å². The molecule has 0 fully saturated rings. The van der Waals surface area contributed by atoms with Crippen molar-refractivity contribution in [2.45, 2.75) is 38.1 Å². The summed E-state index contributed by atoms with van der Waals surface area (Å²) >= 11 is 1.53. The average Bonchev–Trinajstić information content (AvgIpc) is 2.97. The van der Waals surface area contributed by atoms with Crippen LogP contribution in [0.15, 0.2) is 34.5 Å². The van der Waals surface area contributed by atoms with E-state index in [1.54, 1.807) is 26.2 Å². The summed E-state index contributed by atoms with van der Waals surface area (Å²) in [6.07, 6.45) is 0. The molecule has 0 saturated heterocycles. The van der Waals surface area contributed by atoms with Crippen LogP contribution in [-0.4, -0.2) is 15.5 Å². The summed E-state index contributed by atoms with van der Waals surface area (Å²) in [6, 6.07) is 7.32. The largest absolute Gasteiger partial charge is 0.496 e. The third kappa shape index (κ3) is 3.69. The molecule has 120 valence electrons. The minimum Gasteiger partial charge on any atom is -0.496 e. The Bertz CT molecular complexity index is 735. The molecule has 1 aromatic heterocycles. The first-order chi connectivity index (χ1) is 10.3. The Morgan fingerprint density at radius 1 is 1.32 bits per heavy atom. The first kappa shape index (κ1) is 17.0. The first-order valence-corrected chi connectivity index (χ1v) is 9.42. The molecular formula is C16H21NO3S2. The SMILES string of the molecule is COc1cc(C)c(S(=O)(=O)NCc2cccs2)cc1C(C)C. The predicted molar refractivity (Wildman–Crippen MR) is 90.2 cm³/mol. The fraction of sp³-hybridized carbons (Fsp3) is 0.375. The molecule has 0 aliphatic rings. The fourth-order valence-electron chi connectivity index (χ4n) is 2.25. The Hall–Kier alpha value is -1.37. The van der Waals surface area contributed by atoms with E-state index in [0.29, 0.717) is 17.0 Å². The van der Waals surface area contributed by atoms with E-state index < -0.39 is 10.0 Å². The molecule has 0 aliphatic heterocycles. The normalized spacial score (nSPS) is 11.9. The van der Waals surface area contributed by atoms with Crippen molar-refractivity contribution in [3.8, 4) is 5.75 Å². The smallest absolute Gasteiger partial charge is 0.241 e. The van der Waals surface area contributed by atoms with Crippen LogP contribution in [0, 0.1) is 6.92 Å². The van der Waals surface area contributed by atoms with Gasteiger partial charge in [-0.25, -0.2) is 13.1 Å². The number of ether oxygens (including phenoxy) is 1. The Labute approximate surface area is 136 Å². The number of thiophene rings is 1. The van der Waals surface area contributed by atoms with Crippen molar-refractivity contribution in [2.75, 3.05) is 7.11 Å². The highest BCUT2D eigenvalue weighted by atomic mass is 32.2. The molecule has 0 spiro atoms. The van der Waals surface area contributed by atoms with Gasteiger partial charge in [-0.2, -0.15) is 0 Å². The molecule has 22 heavy (non-hydrogen) atoms. The second-order valence-corrected chi connectivity index (χ2v) is 8.19. The second kappa shape index (κ2) is 6.81. The number of sulfonamides is 1. The van der Waals surface area contributed by atoms with Crippen LogP contribution in [0.3, 0.4) is 0 Å². The number of nitrogens with one attached hydrogen (secondary N) is 1. The lowest BCUT2D eigenvalue weighted by Crippen LogP contribution is -2.24. The van der Waals surface area contributed by atoms with Gasteiger partial charge in [0.05, 0.1) is 12.0 Å². The van der Waals surface area contributed by atoms with E-state index in [0.717, 1.165) is 16.2 Å². The number of rotatable bonds is 6. The molecule has 2 aromatic rings. The predicted octanol–water partition coefficient (Wildman–Crippen LogP) is 3.67. The summed E-state index contributed by atoms with van der Waals surface area (Å²) in [7, 11) is -1.95. The highest BCUT2D eigenvalue weighted by Crippen LogP contribution is 2.31. The van der Waals surface area contributed by atoms with E-state index >= 15 is 0 Å². The molecule has 0 saturated carbocycles. The minimum atomic E-state index is -3.55. The molecular weight excluding hydrogens is 318 g/mol. The van der Waals surface area contributed by atoms with Crippen LogP contribution in [0.25, 0.3) is 0 Å². The molecule has 0 unspecified atom stereocenters. The van der Waals surface area contributed by atoms with Gasteiger partial charge >= 0.3 is 0 Å². The number of hydrogen-bond donors (Lipinski definition) is 1. The monoisotopic (exact) mass is 339 g/mol. The number of methoxy groups -OCH3 is 1. The lowest BCUT2D eigenvalue weighted by molar-refractivity contribution is 0.406. The quantitative estimate of drug-likeness (QED) is 0.874. The summed E-state index contributed by atoms with van der Waals surface area (Å²) in [6.45, 7) is 6.13. The van der Waals surface area contributed by atoms with Crippen molar-refractivity contribution in [3.05, 3.63) is 45.6 Å². The van der Waals surface area contributed by atoms with E-state index in [2.05, 4.69) is 4.72 Å². The topological polar surface area (TPSA) is 55.4 Å². The van der Waals surface area contributed by atoms with Gasteiger partial charge in [0.2, 0.25) is 10.0 Å². The van der Waals surface area contributed by atoms with E-state index in [9.17, 15) is 8.42 Å². The maximum Gasteiger partial charge on any atom is 0.241 e. The summed E-state index contributed by atoms with van der Waals surface area (Å²) in [5.74, 6) is 0.909. The maximum atomic E-state index is 12.6. The third-order valence-electron chi connectivity index (χ3n) is 3.46. The second-order valence-electron chi connectivity index (χ2n) is 5.42. The van der Waals surface area contributed by atoms with E-state index in [-0.39, 0.29) is 5.92 Å². The molecule has 0 atom stereocenters. The zero-order chi connectivity index (χ0) is 16.3. The zero-order valence-corrected chi connectivity index (χ0v) is 14.8. The van der Waals surface area contributed by atoms with Crippen molar-refractivity contribution in [1.82, 2.24) is 4.72 Å². The van der Waals surface area contributed by atoms with Crippen molar-refractivity contribution in [2.24, 2.45) is 0 Å². The van der Waals surface area contributed by atoms with Crippen LogP contribution in [0.2, 0.25) is 0 Å². The van der Waals surface area contributed by atoms with Gasteiger partial charge < -0.3 is 4.74 Å². The van der Waals surface area contributed by atoms with Gasteiger partial charge in [-0.3, -0.25) is 0 Å². The van der Waals surface area contributed by atoms with Gasteiger partial charge in [-0.1, -0.05) is 19.9 Å². The molecule has 2 rings (SSSR count). The number of benzene rings is 1. The van der Waals surface area contributed by atoms with Gasteiger partial charge in [-0.15, -0.1) is 11.3 Å². The van der Waals surface area contributed by atoms with Gasteiger partial charge in [0, 0.05) is 11.4 Å². The highest BCUT2D eigenvalue weighted by Gasteiger charge is 2.20. The van der Waals surface area contributed by atoms with Gasteiger partial charge in [-0.05, 0) is 47.5 Å². The molecule has 1 aromatic carbocycles. The van der Waals surface area contributed by atoms with Crippen molar-refractivity contribution >= 4 is 21.4 Å². The average molecular weight is 339 g/mol. The van der Waals surface area contributed by atoms with Crippen molar-refractivity contribution < 1.29 is 13.2 Å². The Kier molecular flexibility index (Phi) is 5.26. The number of aryl methyl sites for hydroxylation is 1. The van der Waals surface area contributed by atoms with Gasteiger partial charge in [0.1, 0.15) is 5.75 Å². The van der Waals surface area contributed by atoms with Crippen LogP contribution in [-0.2, 0) is 16.6 Å². The molecule has 0 bridgehead atoms. The highest BCUT2D eigenvalue weighted by molar-refractivity contribution is 7.89. The summed E-state index contributed by atoms with van der Waals surface area (Å²) in [5.41, 5.74) is 1.57. The number of hydrogen-bond acceptors (Lipinski definition) is 4. The molecule has 1 N–H and O–H groups in total. The summed E-state index contributed by atoms with van der Waals surface area (Å²) in [5, 5.41) is 1.93. The maximum absolute atomic E-state index is 12.6. The van der Waals surface area contributed by atoms with Crippen molar-refractivity contribution in [1.29, 1.82) is 0 Å². The Morgan fingerprint density at radius 3 is 2.59 bits per heavy atom. The fourth-order valence-corrected chi connectivity index (χ4v) is 4.25. The lowest BCUT2D eigenvalue weighted by Gasteiger charge is -2.16. The van der Waals surface area contributed by atoms with Crippen molar-refractivity contribution in [3.63, 3.8) is 0 Å². The lowest BCUT2D eigenvalue weighted by atomic mass is 10.0. The zero-order valence-electron chi connectivity index (χ0n) is 13.2. The van der Waals surface area contributed by atoms with E-state index in [1.165, 1.54) is 11.3 Å². The van der Waals surface area contributed by atoms with Crippen LogP contribution < -0.4 is 9.46 Å². The van der Waals surface area contributed by atoms with Crippen LogP contribution in [0.4, 0.5) is 0 Å². The molecule has 4 nitrogen and oxygen atoms in total. The van der Waals surface area contributed by atoms with Gasteiger partial charge in [0.15, 0.2) is 0 Å². The van der Waals surface area contributed by atoms with Crippen LogP contribution in [0.5, 0.6) is 5.75 Å². The standard InChI is InChI=1S/C16H21NO3S2/c1-11(2)14-9-16(12(3)8-15(14)20-4)22(18,19)17-10-13-6-5-7-21-13/h5-9,11,17H,10H2,1-4H3.